The summed E-state index contributed by atoms with van der Waals surface area (Å²) in [7, 11) is 0. The molecule has 0 N–H and O–H groups in total. The normalized spacial score (nSPS) is 10.6. The van der Waals surface area contributed by atoms with Crippen LogP contribution in [0.4, 0.5) is 0 Å². The lowest BCUT2D eigenvalue weighted by Gasteiger charge is -1.82. The van der Waals surface area contributed by atoms with Crippen molar-refractivity contribution in [3.63, 3.8) is 0 Å². The van der Waals surface area contributed by atoms with E-state index in [0.717, 1.165) is 9.35 Å². The molecule has 0 spiro atoms. The van der Waals surface area contributed by atoms with Crippen LogP contribution in [-0.4, -0.2) is 10.1 Å². The molecular formula is C7H4BrClN2OS. The SMILES string of the molecule is ClCc1noc(-c2csc(Br)c2)n1. The van der Waals surface area contributed by atoms with Crippen molar-refractivity contribution in [2.24, 2.45) is 0 Å². The maximum Gasteiger partial charge on any atom is 0.258 e. The summed E-state index contributed by atoms with van der Waals surface area (Å²) in [4.78, 5) is 4.09. The van der Waals surface area contributed by atoms with E-state index in [-0.39, 0.29) is 5.88 Å². The van der Waals surface area contributed by atoms with Gasteiger partial charge in [-0.1, -0.05) is 5.16 Å². The Hall–Kier alpha value is -0.390. The van der Waals surface area contributed by atoms with Gasteiger partial charge in [0.1, 0.15) is 0 Å². The van der Waals surface area contributed by atoms with Crippen molar-refractivity contribution in [3.05, 3.63) is 21.1 Å². The number of aromatic nitrogens is 2. The zero-order chi connectivity index (χ0) is 9.26. The number of hydrogen-bond donors (Lipinski definition) is 0. The number of nitrogens with zero attached hydrogens (tertiary/aromatic N) is 2. The highest BCUT2D eigenvalue weighted by molar-refractivity contribution is 9.11. The van der Waals surface area contributed by atoms with E-state index in [9.17, 15) is 0 Å². The maximum atomic E-state index is 5.54. The molecule has 0 aliphatic rings. The number of rotatable bonds is 2. The average molecular weight is 280 g/mol. The fraction of sp³-hybridized carbons (Fsp3) is 0.143. The highest BCUT2D eigenvalue weighted by atomic mass is 79.9. The molecule has 0 aliphatic heterocycles. The Kier molecular flexibility index (Phi) is 2.66. The lowest BCUT2D eigenvalue weighted by Crippen LogP contribution is -1.78. The van der Waals surface area contributed by atoms with Crippen molar-refractivity contribution in [3.8, 4) is 11.5 Å². The molecule has 2 heterocycles. The first-order valence-corrected chi connectivity index (χ1v) is 5.63. The molecule has 2 aromatic heterocycles. The predicted octanol–water partition coefficient (Wildman–Crippen LogP) is 3.30. The maximum absolute atomic E-state index is 5.54. The van der Waals surface area contributed by atoms with Gasteiger partial charge >= 0.3 is 0 Å². The molecule has 0 bridgehead atoms. The van der Waals surface area contributed by atoms with Crippen LogP contribution in [0.3, 0.4) is 0 Å². The molecule has 0 atom stereocenters. The van der Waals surface area contributed by atoms with Crippen molar-refractivity contribution < 1.29 is 4.52 Å². The number of halogens is 2. The van der Waals surface area contributed by atoms with Crippen LogP contribution in [0.15, 0.2) is 19.8 Å². The van der Waals surface area contributed by atoms with Crippen molar-refractivity contribution in [2.45, 2.75) is 5.88 Å². The molecule has 2 aromatic rings. The standard InChI is InChI=1S/C7H4BrClN2OS/c8-5-1-4(3-13-5)7-10-6(2-9)11-12-7/h1,3H,2H2. The van der Waals surface area contributed by atoms with Gasteiger partial charge in [-0.15, -0.1) is 22.9 Å². The Labute approximate surface area is 91.8 Å². The van der Waals surface area contributed by atoms with E-state index < -0.39 is 0 Å². The summed E-state index contributed by atoms with van der Waals surface area (Å²) >= 11 is 10.5. The van der Waals surface area contributed by atoms with Gasteiger partial charge in [0.25, 0.3) is 5.89 Å². The third kappa shape index (κ3) is 1.92. The Morgan fingerprint density at radius 2 is 2.46 bits per heavy atom. The minimum atomic E-state index is 0.273. The Balaban J connectivity index is 2.35. The fourth-order valence-electron chi connectivity index (χ4n) is 0.848. The van der Waals surface area contributed by atoms with E-state index in [0.29, 0.717) is 11.7 Å². The summed E-state index contributed by atoms with van der Waals surface area (Å²) in [5.74, 6) is 1.30. The zero-order valence-electron chi connectivity index (χ0n) is 6.33. The van der Waals surface area contributed by atoms with Crippen LogP contribution >= 0.6 is 38.9 Å². The van der Waals surface area contributed by atoms with E-state index >= 15 is 0 Å². The Morgan fingerprint density at radius 3 is 3.00 bits per heavy atom. The molecular weight excluding hydrogens is 276 g/mol. The molecule has 68 valence electrons. The highest BCUT2D eigenvalue weighted by Crippen LogP contribution is 2.27. The minimum Gasteiger partial charge on any atom is -0.334 e. The van der Waals surface area contributed by atoms with Crippen molar-refractivity contribution in [2.75, 3.05) is 0 Å². The topological polar surface area (TPSA) is 38.9 Å². The fourth-order valence-corrected chi connectivity index (χ4v) is 2.09. The molecule has 0 radical (unpaired) electrons. The molecule has 0 saturated heterocycles. The Bertz CT molecular complexity index is 414. The van der Waals surface area contributed by atoms with Crippen LogP contribution in [0.25, 0.3) is 11.5 Å². The molecule has 13 heavy (non-hydrogen) atoms. The number of alkyl halides is 1. The van der Waals surface area contributed by atoms with Crippen LogP contribution in [0.5, 0.6) is 0 Å². The quantitative estimate of drug-likeness (QED) is 0.792. The summed E-state index contributed by atoms with van der Waals surface area (Å²) in [6.45, 7) is 0. The van der Waals surface area contributed by atoms with E-state index in [2.05, 4.69) is 26.1 Å². The second-order valence-electron chi connectivity index (χ2n) is 2.29. The summed E-state index contributed by atoms with van der Waals surface area (Å²) in [5.41, 5.74) is 0.917. The molecule has 0 aliphatic carbocycles. The summed E-state index contributed by atoms with van der Waals surface area (Å²) < 4.78 is 6.03. The van der Waals surface area contributed by atoms with E-state index in [4.69, 9.17) is 16.1 Å². The first-order valence-electron chi connectivity index (χ1n) is 3.42. The van der Waals surface area contributed by atoms with Gasteiger partial charge in [0.2, 0.25) is 0 Å². The summed E-state index contributed by atoms with van der Waals surface area (Å²) in [5, 5.41) is 5.63. The van der Waals surface area contributed by atoms with Gasteiger partial charge < -0.3 is 4.52 Å². The van der Waals surface area contributed by atoms with Gasteiger partial charge in [-0.05, 0) is 22.0 Å². The van der Waals surface area contributed by atoms with Gasteiger partial charge in [0, 0.05) is 5.38 Å². The molecule has 2 rings (SSSR count). The van der Waals surface area contributed by atoms with Gasteiger partial charge in [0.15, 0.2) is 5.82 Å². The number of hydrogen-bond acceptors (Lipinski definition) is 4. The first-order chi connectivity index (χ1) is 6.29. The molecule has 0 saturated carbocycles. The van der Waals surface area contributed by atoms with E-state index in [1.165, 1.54) is 0 Å². The third-order valence-corrected chi connectivity index (χ3v) is 3.15. The monoisotopic (exact) mass is 278 g/mol. The second kappa shape index (κ2) is 3.77. The van der Waals surface area contributed by atoms with Crippen LogP contribution in [0.1, 0.15) is 5.82 Å². The zero-order valence-corrected chi connectivity index (χ0v) is 9.49. The minimum absolute atomic E-state index is 0.273. The molecule has 3 nitrogen and oxygen atoms in total. The molecule has 0 amide bonds. The van der Waals surface area contributed by atoms with E-state index in [1.807, 2.05) is 11.4 Å². The van der Waals surface area contributed by atoms with Crippen LogP contribution in [0, 0.1) is 0 Å². The van der Waals surface area contributed by atoms with Gasteiger partial charge in [0.05, 0.1) is 15.2 Å². The number of thiophene rings is 1. The van der Waals surface area contributed by atoms with E-state index in [1.54, 1.807) is 11.3 Å². The lowest BCUT2D eigenvalue weighted by atomic mass is 10.3. The smallest absolute Gasteiger partial charge is 0.258 e. The van der Waals surface area contributed by atoms with Crippen LogP contribution < -0.4 is 0 Å². The van der Waals surface area contributed by atoms with Gasteiger partial charge in [-0.3, -0.25) is 0 Å². The molecule has 0 aromatic carbocycles. The summed E-state index contributed by atoms with van der Waals surface area (Å²) in [6, 6.07) is 1.93. The van der Waals surface area contributed by atoms with Crippen LogP contribution in [-0.2, 0) is 5.88 Å². The van der Waals surface area contributed by atoms with Gasteiger partial charge in [-0.25, -0.2) is 0 Å². The predicted molar refractivity (Wildman–Crippen MR) is 54.9 cm³/mol. The average Bonchev–Trinajstić information content (AvgIpc) is 2.71. The van der Waals surface area contributed by atoms with Crippen molar-refractivity contribution in [1.82, 2.24) is 10.1 Å². The van der Waals surface area contributed by atoms with Crippen LogP contribution in [0.2, 0.25) is 0 Å². The molecule has 0 fully saturated rings. The molecule has 0 unspecified atom stereocenters. The Morgan fingerprint density at radius 1 is 1.62 bits per heavy atom. The molecule has 6 heteroatoms. The van der Waals surface area contributed by atoms with Crippen molar-refractivity contribution in [1.29, 1.82) is 0 Å². The lowest BCUT2D eigenvalue weighted by molar-refractivity contribution is 0.425. The third-order valence-electron chi connectivity index (χ3n) is 1.40. The van der Waals surface area contributed by atoms with Crippen molar-refractivity contribution >= 4 is 38.9 Å². The highest BCUT2D eigenvalue weighted by Gasteiger charge is 2.09. The first kappa shape index (κ1) is 9.18. The summed E-state index contributed by atoms with van der Waals surface area (Å²) in [6.07, 6.45) is 0. The largest absolute Gasteiger partial charge is 0.334 e. The second-order valence-corrected chi connectivity index (χ2v) is 4.85. The van der Waals surface area contributed by atoms with Gasteiger partial charge in [-0.2, -0.15) is 4.98 Å².